The molecular formula is C20H24N4O3. The third-order valence-corrected chi connectivity index (χ3v) is 5.04. The Kier molecular flexibility index (Phi) is 4.83. The molecule has 1 aromatic carbocycles. The molecule has 1 aliphatic heterocycles. The molecule has 2 heterocycles. The summed E-state index contributed by atoms with van der Waals surface area (Å²) in [5, 5.41) is 2.74. The maximum atomic E-state index is 11.3. The summed E-state index contributed by atoms with van der Waals surface area (Å²) in [5.41, 5.74) is 2.25. The van der Waals surface area contributed by atoms with E-state index in [1.54, 1.807) is 0 Å². The van der Waals surface area contributed by atoms with Gasteiger partial charge in [0.15, 0.2) is 0 Å². The number of aromatic nitrogens is 2. The molecule has 27 heavy (non-hydrogen) atoms. The highest BCUT2D eigenvalue weighted by atomic mass is 16.5. The molecule has 0 bridgehead atoms. The monoisotopic (exact) mass is 368 g/mol. The maximum absolute atomic E-state index is 11.3. The number of benzene rings is 1. The number of methoxy groups -OCH3 is 1. The normalized spacial score (nSPS) is 17.8. The lowest BCUT2D eigenvalue weighted by Gasteiger charge is -2.38. The predicted octanol–water partition coefficient (Wildman–Crippen LogP) is 3.04. The van der Waals surface area contributed by atoms with Crippen LogP contribution in [0.4, 0.5) is 10.7 Å². The van der Waals surface area contributed by atoms with Crippen LogP contribution >= 0.6 is 0 Å². The fourth-order valence-corrected chi connectivity index (χ4v) is 3.14. The van der Waals surface area contributed by atoms with Crippen LogP contribution in [0, 0.1) is 0 Å². The van der Waals surface area contributed by atoms with Crippen molar-refractivity contribution >= 4 is 12.0 Å². The third kappa shape index (κ3) is 4.13. The van der Waals surface area contributed by atoms with Crippen LogP contribution in [0.2, 0.25) is 0 Å². The van der Waals surface area contributed by atoms with Crippen LogP contribution < -0.4 is 15.0 Å². The highest BCUT2D eigenvalue weighted by Gasteiger charge is 2.31. The van der Waals surface area contributed by atoms with Crippen molar-refractivity contribution in [3.05, 3.63) is 47.8 Å². The lowest BCUT2D eigenvalue weighted by Crippen LogP contribution is -2.54. The van der Waals surface area contributed by atoms with Gasteiger partial charge in [0.2, 0.25) is 5.95 Å². The van der Waals surface area contributed by atoms with Crippen molar-refractivity contribution in [2.45, 2.75) is 37.8 Å². The summed E-state index contributed by atoms with van der Waals surface area (Å²) < 4.78 is 10.6. The van der Waals surface area contributed by atoms with Gasteiger partial charge in [0, 0.05) is 12.4 Å². The van der Waals surface area contributed by atoms with E-state index in [1.165, 1.54) is 25.5 Å². The molecule has 0 radical (unpaired) electrons. The first-order valence-electron chi connectivity index (χ1n) is 9.30. The molecule has 7 nitrogen and oxygen atoms in total. The number of rotatable bonds is 6. The van der Waals surface area contributed by atoms with Crippen molar-refractivity contribution in [2.75, 3.05) is 25.1 Å². The molecule has 1 saturated heterocycles. The van der Waals surface area contributed by atoms with E-state index >= 15 is 0 Å². The average molecular weight is 368 g/mol. The molecular weight excluding hydrogens is 344 g/mol. The largest absolute Gasteiger partial charge is 0.487 e. The van der Waals surface area contributed by atoms with Gasteiger partial charge in [-0.2, -0.15) is 0 Å². The van der Waals surface area contributed by atoms with Crippen molar-refractivity contribution in [3.8, 4) is 5.75 Å². The van der Waals surface area contributed by atoms with Crippen LogP contribution in [-0.2, 0) is 4.74 Å². The van der Waals surface area contributed by atoms with E-state index in [1.807, 2.05) is 43.6 Å². The molecule has 142 valence electrons. The van der Waals surface area contributed by atoms with Crippen LogP contribution in [0.1, 0.15) is 42.9 Å². The zero-order chi connectivity index (χ0) is 18.8. The van der Waals surface area contributed by atoms with Crippen LogP contribution in [0.3, 0.4) is 0 Å². The van der Waals surface area contributed by atoms with E-state index in [2.05, 4.69) is 24.9 Å². The van der Waals surface area contributed by atoms with Gasteiger partial charge in [-0.1, -0.05) is 12.1 Å². The first-order chi connectivity index (χ1) is 13.1. The van der Waals surface area contributed by atoms with Crippen LogP contribution in [0.5, 0.6) is 5.75 Å². The second kappa shape index (κ2) is 7.42. The van der Waals surface area contributed by atoms with Crippen molar-refractivity contribution < 1.29 is 14.3 Å². The van der Waals surface area contributed by atoms with Crippen molar-refractivity contribution in [1.82, 2.24) is 15.3 Å². The Morgan fingerprint density at radius 2 is 1.85 bits per heavy atom. The maximum Gasteiger partial charge on any atom is 0.407 e. The van der Waals surface area contributed by atoms with Gasteiger partial charge in [-0.3, -0.25) is 0 Å². The molecule has 1 amide bonds. The molecule has 1 N–H and O–H groups in total. The topological polar surface area (TPSA) is 76.6 Å². The van der Waals surface area contributed by atoms with Gasteiger partial charge in [0.25, 0.3) is 0 Å². The number of nitrogens with one attached hydrogen (secondary N) is 1. The zero-order valence-electron chi connectivity index (χ0n) is 15.6. The van der Waals surface area contributed by atoms with Gasteiger partial charge in [-0.05, 0) is 48.9 Å². The van der Waals surface area contributed by atoms with Gasteiger partial charge in [-0.25, -0.2) is 14.8 Å². The van der Waals surface area contributed by atoms with Gasteiger partial charge >= 0.3 is 6.09 Å². The van der Waals surface area contributed by atoms with E-state index in [9.17, 15) is 4.79 Å². The summed E-state index contributed by atoms with van der Waals surface area (Å²) in [4.78, 5) is 22.4. The quantitative estimate of drug-likeness (QED) is 0.845. The number of hydrogen-bond acceptors (Lipinski definition) is 6. The molecule has 2 aromatic rings. The number of carbonyl (C=O) groups is 1. The molecule has 1 aliphatic carbocycles. The van der Waals surface area contributed by atoms with Gasteiger partial charge in [0.1, 0.15) is 11.9 Å². The molecule has 0 spiro atoms. The fraction of sp³-hybridized carbons (Fsp3) is 0.450. The van der Waals surface area contributed by atoms with Crippen LogP contribution in [-0.4, -0.2) is 42.4 Å². The Morgan fingerprint density at radius 3 is 2.44 bits per heavy atom. The molecule has 1 atom stereocenters. The minimum atomic E-state index is -0.440. The number of ether oxygens (including phenoxy) is 2. The summed E-state index contributed by atoms with van der Waals surface area (Å²) in [6.07, 6.45) is 6.13. The number of carbonyl (C=O) groups excluding carboxylic acids is 1. The predicted molar refractivity (Wildman–Crippen MR) is 101 cm³/mol. The first kappa shape index (κ1) is 17.6. The second-order valence-electron chi connectivity index (χ2n) is 7.16. The van der Waals surface area contributed by atoms with E-state index in [4.69, 9.17) is 4.74 Å². The van der Waals surface area contributed by atoms with E-state index in [0.717, 1.165) is 30.4 Å². The Morgan fingerprint density at radius 1 is 1.19 bits per heavy atom. The number of hydrogen-bond donors (Lipinski definition) is 1. The van der Waals surface area contributed by atoms with Crippen LogP contribution in [0.25, 0.3) is 0 Å². The molecule has 1 saturated carbocycles. The lowest BCUT2D eigenvalue weighted by molar-refractivity contribution is 0.166. The SMILES string of the molecule is COC(=O)NC(C)c1ccc(OC2CN(c3ncc(C4CC4)cn3)C2)cc1. The van der Waals surface area contributed by atoms with Crippen LogP contribution in [0.15, 0.2) is 36.7 Å². The number of anilines is 1. The highest BCUT2D eigenvalue weighted by Crippen LogP contribution is 2.39. The number of alkyl carbamates (subject to hydrolysis) is 1. The smallest absolute Gasteiger partial charge is 0.407 e. The van der Waals surface area contributed by atoms with E-state index < -0.39 is 6.09 Å². The standard InChI is InChI=1S/C20H24N4O3/c1-13(23-20(25)26-2)14-5-7-17(8-6-14)27-18-11-24(12-18)19-21-9-16(10-22-19)15-3-4-15/h5-10,13,15,18H,3-4,11-12H2,1-2H3,(H,23,25). The number of nitrogens with zero attached hydrogens (tertiary/aromatic N) is 3. The van der Waals surface area contributed by atoms with Crippen molar-refractivity contribution in [2.24, 2.45) is 0 Å². The summed E-state index contributed by atoms with van der Waals surface area (Å²) in [6, 6.07) is 7.63. The van der Waals surface area contributed by atoms with Gasteiger partial charge in [0.05, 0.1) is 26.2 Å². The third-order valence-electron chi connectivity index (χ3n) is 5.04. The average Bonchev–Trinajstić information content (AvgIpc) is 3.50. The van der Waals surface area contributed by atoms with E-state index in [0.29, 0.717) is 5.92 Å². The van der Waals surface area contributed by atoms with E-state index in [-0.39, 0.29) is 12.1 Å². The molecule has 2 aliphatic rings. The van der Waals surface area contributed by atoms with Crippen molar-refractivity contribution in [3.63, 3.8) is 0 Å². The molecule has 2 fully saturated rings. The minimum Gasteiger partial charge on any atom is -0.487 e. The van der Waals surface area contributed by atoms with Crippen molar-refractivity contribution in [1.29, 1.82) is 0 Å². The second-order valence-corrected chi connectivity index (χ2v) is 7.16. The summed E-state index contributed by atoms with van der Waals surface area (Å²) in [7, 11) is 1.35. The fourth-order valence-electron chi connectivity index (χ4n) is 3.14. The minimum absolute atomic E-state index is 0.124. The summed E-state index contributed by atoms with van der Waals surface area (Å²) in [5.74, 6) is 2.27. The number of amides is 1. The highest BCUT2D eigenvalue weighted by molar-refractivity contribution is 5.67. The first-order valence-corrected chi connectivity index (χ1v) is 9.30. The Bertz CT molecular complexity index is 784. The lowest BCUT2D eigenvalue weighted by atomic mass is 10.1. The van der Waals surface area contributed by atoms with Gasteiger partial charge < -0.3 is 19.7 Å². The Balaban J connectivity index is 1.26. The molecule has 1 unspecified atom stereocenters. The molecule has 1 aromatic heterocycles. The van der Waals surface area contributed by atoms with Gasteiger partial charge in [-0.15, -0.1) is 0 Å². The Labute approximate surface area is 158 Å². The summed E-state index contributed by atoms with van der Waals surface area (Å²) in [6.45, 7) is 3.47. The summed E-state index contributed by atoms with van der Waals surface area (Å²) >= 11 is 0. The molecule has 7 heteroatoms. The Hall–Kier alpha value is -2.83. The zero-order valence-corrected chi connectivity index (χ0v) is 15.6. The molecule has 4 rings (SSSR count).